The first kappa shape index (κ1) is 11.4. The van der Waals surface area contributed by atoms with Gasteiger partial charge in [0.1, 0.15) is 0 Å². The summed E-state index contributed by atoms with van der Waals surface area (Å²) in [5, 5.41) is 12.4. The van der Waals surface area contributed by atoms with Crippen LogP contribution in [0.15, 0.2) is 12.4 Å². The lowest BCUT2D eigenvalue weighted by Crippen LogP contribution is -2.68. The smallest absolute Gasteiger partial charge is 0.230 e. The molecule has 96 valence electrons. The fourth-order valence-corrected chi connectivity index (χ4v) is 2.66. The summed E-state index contributed by atoms with van der Waals surface area (Å²) in [4.78, 5) is 22.3. The number of amides is 1. The number of carbonyl (C=O) groups excluding carboxylic acids is 1. The number of aliphatic hydroxyl groups is 1. The molecule has 1 unspecified atom stereocenters. The molecule has 2 fully saturated rings. The van der Waals surface area contributed by atoms with Crippen LogP contribution in [-0.4, -0.2) is 46.7 Å². The summed E-state index contributed by atoms with van der Waals surface area (Å²) >= 11 is 0. The van der Waals surface area contributed by atoms with Crippen molar-refractivity contribution < 1.29 is 9.90 Å². The van der Waals surface area contributed by atoms with E-state index >= 15 is 0 Å². The molecule has 3 rings (SSSR count). The Balaban J connectivity index is 1.72. The van der Waals surface area contributed by atoms with Gasteiger partial charge in [0.15, 0.2) is 0 Å². The van der Waals surface area contributed by atoms with Crippen LogP contribution < -0.4 is 10.2 Å². The molecule has 2 N–H and O–H groups in total. The lowest BCUT2D eigenvalue weighted by atomic mass is 9.72. The largest absolute Gasteiger partial charge is 0.391 e. The Labute approximate surface area is 105 Å². The highest BCUT2D eigenvalue weighted by molar-refractivity contribution is 5.86. The average molecular weight is 248 g/mol. The Bertz CT molecular complexity index is 467. The quantitative estimate of drug-likeness (QED) is 0.698. The Morgan fingerprint density at radius 3 is 2.78 bits per heavy atom. The van der Waals surface area contributed by atoms with Crippen molar-refractivity contribution in [2.75, 3.05) is 24.5 Å². The van der Waals surface area contributed by atoms with E-state index in [9.17, 15) is 9.90 Å². The van der Waals surface area contributed by atoms with Crippen LogP contribution in [0.2, 0.25) is 0 Å². The van der Waals surface area contributed by atoms with Gasteiger partial charge in [0.2, 0.25) is 11.9 Å². The van der Waals surface area contributed by atoms with E-state index in [2.05, 4.69) is 15.3 Å². The second kappa shape index (κ2) is 3.91. The number of nitrogens with one attached hydrogen (secondary N) is 1. The van der Waals surface area contributed by atoms with Crippen LogP contribution in [-0.2, 0) is 4.79 Å². The topological polar surface area (TPSA) is 78.4 Å². The first-order valence-corrected chi connectivity index (χ1v) is 6.09. The predicted molar refractivity (Wildman–Crippen MR) is 65.0 cm³/mol. The highest BCUT2D eigenvalue weighted by atomic mass is 16.3. The number of carbonyl (C=O) groups is 1. The van der Waals surface area contributed by atoms with Crippen molar-refractivity contribution in [2.24, 2.45) is 5.41 Å². The molecule has 18 heavy (non-hydrogen) atoms. The minimum Gasteiger partial charge on any atom is -0.391 e. The van der Waals surface area contributed by atoms with Crippen molar-refractivity contribution in [2.45, 2.75) is 19.4 Å². The number of anilines is 1. The molecule has 2 saturated heterocycles. The van der Waals surface area contributed by atoms with Crippen LogP contribution in [0.1, 0.15) is 12.0 Å². The molecular formula is C12H16N4O2. The Morgan fingerprint density at radius 1 is 1.44 bits per heavy atom. The molecule has 2 aliphatic heterocycles. The molecule has 0 radical (unpaired) electrons. The molecule has 6 nitrogen and oxygen atoms in total. The van der Waals surface area contributed by atoms with Crippen molar-refractivity contribution in [3.63, 3.8) is 0 Å². The van der Waals surface area contributed by atoms with Crippen LogP contribution >= 0.6 is 0 Å². The molecule has 1 spiro atoms. The zero-order valence-corrected chi connectivity index (χ0v) is 10.3. The van der Waals surface area contributed by atoms with Crippen molar-refractivity contribution in [1.82, 2.24) is 15.3 Å². The monoisotopic (exact) mass is 248 g/mol. The fraction of sp³-hybridized carbons (Fsp3) is 0.583. The van der Waals surface area contributed by atoms with Crippen LogP contribution in [0.5, 0.6) is 0 Å². The number of aryl methyl sites for hydroxylation is 1. The second-order valence-electron chi connectivity index (χ2n) is 5.26. The zero-order chi connectivity index (χ0) is 12.8. The maximum Gasteiger partial charge on any atom is 0.230 e. The summed E-state index contributed by atoms with van der Waals surface area (Å²) in [6.07, 6.45) is 3.62. The molecule has 0 aromatic carbocycles. The van der Waals surface area contributed by atoms with E-state index in [-0.39, 0.29) is 5.91 Å². The first-order valence-electron chi connectivity index (χ1n) is 6.09. The molecule has 2 aliphatic rings. The van der Waals surface area contributed by atoms with Gasteiger partial charge in [-0.1, -0.05) is 0 Å². The van der Waals surface area contributed by atoms with Gasteiger partial charge in [-0.3, -0.25) is 4.79 Å². The van der Waals surface area contributed by atoms with Gasteiger partial charge in [0.05, 0.1) is 11.5 Å². The Hall–Kier alpha value is -1.69. The average Bonchev–Trinajstić information content (AvgIpc) is 2.31. The van der Waals surface area contributed by atoms with Gasteiger partial charge in [-0.25, -0.2) is 9.97 Å². The van der Waals surface area contributed by atoms with E-state index in [0.717, 1.165) is 5.56 Å². The second-order valence-corrected chi connectivity index (χ2v) is 5.26. The summed E-state index contributed by atoms with van der Waals surface area (Å²) in [6.45, 7) is 3.46. The van der Waals surface area contributed by atoms with Gasteiger partial charge >= 0.3 is 0 Å². The first-order chi connectivity index (χ1) is 8.59. The molecule has 1 amide bonds. The summed E-state index contributed by atoms with van der Waals surface area (Å²) in [6, 6.07) is 0. The highest BCUT2D eigenvalue weighted by Gasteiger charge is 2.52. The minimum atomic E-state index is -0.452. The van der Waals surface area contributed by atoms with E-state index in [1.807, 2.05) is 11.8 Å². The van der Waals surface area contributed by atoms with E-state index < -0.39 is 11.5 Å². The minimum absolute atomic E-state index is 0.0381. The Morgan fingerprint density at radius 2 is 2.11 bits per heavy atom. The summed E-state index contributed by atoms with van der Waals surface area (Å²) in [5.74, 6) is 0.690. The number of β-amino-alcohol motifs (C(OH)–C–C–N with tert-alkyl or cyclic N) is 1. The fourth-order valence-electron chi connectivity index (χ4n) is 2.66. The Kier molecular flexibility index (Phi) is 2.48. The van der Waals surface area contributed by atoms with Crippen molar-refractivity contribution in [1.29, 1.82) is 0 Å². The van der Waals surface area contributed by atoms with E-state index in [1.54, 1.807) is 12.4 Å². The lowest BCUT2D eigenvalue weighted by Gasteiger charge is -2.51. The standard InChI is InChI=1S/C12H16N4O2/c1-8-3-14-11(15-4-8)16-6-12(7-16)2-9(17)5-13-10(12)18/h3-4,9,17H,2,5-7H2,1H3,(H,13,18). The zero-order valence-electron chi connectivity index (χ0n) is 10.3. The number of hydrogen-bond acceptors (Lipinski definition) is 5. The van der Waals surface area contributed by atoms with Crippen molar-refractivity contribution in [3.05, 3.63) is 18.0 Å². The molecule has 1 aromatic rings. The van der Waals surface area contributed by atoms with E-state index in [1.165, 1.54) is 0 Å². The summed E-state index contributed by atoms with van der Waals surface area (Å²) in [7, 11) is 0. The number of rotatable bonds is 1. The third kappa shape index (κ3) is 1.73. The van der Waals surface area contributed by atoms with Gasteiger partial charge in [-0.15, -0.1) is 0 Å². The molecular weight excluding hydrogens is 232 g/mol. The number of aromatic nitrogens is 2. The number of nitrogens with zero attached hydrogens (tertiary/aromatic N) is 3. The predicted octanol–water partition coefficient (Wildman–Crippen LogP) is -0.528. The van der Waals surface area contributed by atoms with Gasteiger partial charge in [0, 0.05) is 32.0 Å². The maximum atomic E-state index is 11.9. The highest BCUT2D eigenvalue weighted by Crippen LogP contribution is 2.38. The van der Waals surface area contributed by atoms with Crippen LogP contribution in [0.3, 0.4) is 0 Å². The van der Waals surface area contributed by atoms with Crippen molar-refractivity contribution in [3.8, 4) is 0 Å². The third-order valence-corrected chi connectivity index (χ3v) is 3.64. The van der Waals surface area contributed by atoms with E-state index in [0.29, 0.717) is 32.0 Å². The number of hydrogen-bond donors (Lipinski definition) is 2. The van der Waals surface area contributed by atoms with Gasteiger partial charge in [0.25, 0.3) is 0 Å². The molecule has 1 atom stereocenters. The van der Waals surface area contributed by atoms with Gasteiger partial charge in [-0.05, 0) is 18.9 Å². The number of aliphatic hydroxyl groups excluding tert-OH is 1. The van der Waals surface area contributed by atoms with Gasteiger partial charge in [-0.2, -0.15) is 0 Å². The molecule has 0 aliphatic carbocycles. The molecule has 0 bridgehead atoms. The molecule has 1 aromatic heterocycles. The van der Waals surface area contributed by atoms with Crippen LogP contribution in [0.4, 0.5) is 5.95 Å². The maximum absolute atomic E-state index is 11.9. The summed E-state index contributed by atoms with van der Waals surface area (Å²) in [5.41, 5.74) is 0.561. The van der Waals surface area contributed by atoms with Gasteiger partial charge < -0.3 is 15.3 Å². The lowest BCUT2D eigenvalue weighted by molar-refractivity contribution is -0.139. The molecule has 6 heteroatoms. The van der Waals surface area contributed by atoms with E-state index in [4.69, 9.17) is 0 Å². The summed E-state index contributed by atoms with van der Waals surface area (Å²) < 4.78 is 0. The molecule has 0 saturated carbocycles. The van der Waals surface area contributed by atoms with Crippen molar-refractivity contribution >= 4 is 11.9 Å². The van der Waals surface area contributed by atoms with Crippen LogP contribution in [0, 0.1) is 12.3 Å². The SMILES string of the molecule is Cc1cnc(N2CC3(CC(O)CNC3=O)C2)nc1. The normalized spacial score (nSPS) is 25.8. The number of piperidine rings is 1. The molecule has 3 heterocycles. The van der Waals surface area contributed by atoms with Crippen LogP contribution in [0.25, 0.3) is 0 Å². The third-order valence-electron chi connectivity index (χ3n) is 3.64.